The van der Waals surface area contributed by atoms with E-state index >= 15 is 0 Å². The van der Waals surface area contributed by atoms with Crippen LogP contribution in [-0.2, 0) is 0 Å². The fraction of sp³-hybridized carbons (Fsp3) is 0.0667. The Kier molecular flexibility index (Phi) is 4.17. The quantitative estimate of drug-likeness (QED) is 0.611. The molecule has 0 aliphatic carbocycles. The van der Waals surface area contributed by atoms with E-state index in [0.29, 0.717) is 10.6 Å². The predicted molar refractivity (Wildman–Crippen MR) is 79.0 cm³/mol. The van der Waals surface area contributed by atoms with Crippen molar-refractivity contribution in [3.05, 3.63) is 68.7 Å². The highest BCUT2D eigenvalue weighted by Crippen LogP contribution is 2.20. The minimum atomic E-state index is -0.594. The molecule has 0 radical (unpaired) electrons. The molecule has 0 fully saturated rings. The summed E-state index contributed by atoms with van der Waals surface area (Å²) in [5, 5.41) is 0.299. The van der Waals surface area contributed by atoms with E-state index in [1.54, 1.807) is 42.5 Å². The van der Waals surface area contributed by atoms with E-state index in [1.807, 2.05) is 6.92 Å². The topological polar surface area (TPSA) is 34.1 Å². The van der Waals surface area contributed by atoms with Gasteiger partial charge in [-0.1, -0.05) is 45.7 Å². The Morgan fingerprint density at radius 2 is 1.79 bits per heavy atom. The molecule has 0 saturated heterocycles. The number of Topliss-reactive ketones (excluding diaryl/α,β-unsaturated/α-hetero) is 2. The first-order chi connectivity index (χ1) is 8.99. The standard InChI is InChI=1S/C15H10BrClO2/c1-9-5-6-12(13(17)7-9)15(19)14(18)10-3-2-4-11(16)8-10/h2-8H,1H3. The molecule has 2 rings (SSSR count). The smallest absolute Gasteiger partial charge is 0.235 e. The van der Waals surface area contributed by atoms with Crippen LogP contribution in [0.25, 0.3) is 0 Å². The number of ketones is 2. The Balaban J connectivity index is 2.36. The molecular formula is C15H10BrClO2. The molecule has 0 aliphatic heterocycles. The van der Waals surface area contributed by atoms with E-state index in [1.165, 1.54) is 0 Å². The molecule has 0 aromatic heterocycles. The first-order valence-corrected chi connectivity index (χ1v) is 6.77. The molecule has 0 spiro atoms. The zero-order valence-corrected chi connectivity index (χ0v) is 12.5. The van der Waals surface area contributed by atoms with Crippen molar-refractivity contribution in [2.75, 3.05) is 0 Å². The van der Waals surface area contributed by atoms with Crippen molar-refractivity contribution in [3.8, 4) is 0 Å². The number of rotatable bonds is 3. The summed E-state index contributed by atoms with van der Waals surface area (Å²) in [4.78, 5) is 24.2. The van der Waals surface area contributed by atoms with Crippen molar-refractivity contribution >= 4 is 39.1 Å². The van der Waals surface area contributed by atoms with E-state index in [0.717, 1.165) is 10.0 Å². The molecule has 0 atom stereocenters. The largest absolute Gasteiger partial charge is 0.285 e. The minimum Gasteiger partial charge on any atom is -0.285 e. The molecule has 0 N–H and O–H groups in total. The highest BCUT2D eigenvalue weighted by atomic mass is 79.9. The molecule has 0 heterocycles. The second-order valence-electron chi connectivity index (χ2n) is 4.15. The van der Waals surface area contributed by atoms with Crippen molar-refractivity contribution in [2.45, 2.75) is 6.92 Å². The number of carbonyl (C=O) groups is 2. The highest BCUT2D eigenvalue weighted by Gasteiger charge is 2.20. The van der Waals surface area contributed by atoms with Crippen molar-refractivity contribution in [1.29, 1.82) is 0 Å². The zero-order chi connectivity index (χ0) is 14.0. The van der Waals surface area contributed by atoms with Crippen LogP contribution in [0.15, 0.2) is 46.9 Å². The Morgan fingerprint density at radius 1 is 1.05 bits per heavy atom. The van der Waals surface area contributed by atoms with Gasteiger partial charge in [0.15, 0.2) is 0 Å². The van der Waals surface area contributed by atoms with Crippen LogP contribution in [0, 0.1) is 6.92 Å². The van der Waals surface area contributed by atoms with Gasteiger partial charge in [0.25, 0.3) is 0 Å². The molecule has 2 nitrogen and oxygen atoms in total. The van der Waals surface area contributed by atoms with E-state index in [2.05, 4.69) is 15.9 Å². The molecule has 96 valence electrons. The van der Waals surface area contributed by atoms with E-state index in [9.17, 15) is 9.59 Å². The second-order valence-corrected chi connectivity index (χ2v) is 5.47. The van der Waals surface area contributed by atoms with Crippen LogP contribution in [0.3, 0.4) is 0 Å². The monoisotopic (exact) mass is 336 g/mol. The molecule has 0 unspecified atom stereocenters. The van der Waals surface area contributed by atoms with Gasteiger partial charge in [-0.25, -0.2) is 0 Å². The average Bonchev–Trinajstić information content (AvgIpc) is 2.37. The number of halogens is 2. The van der Waals surface area contributed by atoms with Gasteiger partial charge in [0.2, 0.25) is 11.6 Å². The Bertz CT molecular complexity index is 665. The fourth-order valence-electron chi connectivity index (χ4n) is 1.69. The molecule has 0 amide bonds. The van der Waals surface area contributed by atoms with Crippen molar-refractivity contribution < 1.29 is 9.59 Å². The SMILES string of the molecule is Cc1ccc(C(=O)C(=O)c2cccc(Br)c2)c(Cl)c1. The predicted octanol–water partition coefficient (Wildman–Crippen LogP) is 4.48. The van der Waals surface area contributed by atoms with Crippen LogP contribution in [0.2, 0.25) is 5.02 Å². The number of benzene rings is 2. The van der Waals surface area contributed by atoms with Gasteiger partial charge in [-0.05, 0) is 36.8 Å². The summed E-state index contributed by atoms with van der Waals surface area (Å²) in [7, 11) is 0. The summed E-state index contributed by atoms with van der Waals surface area (Å²) in [5.41, 5.74) is 1.52. The molecule has 4 heteroatoms. The molecule has 0 aliphatic rings. The first kappa shape index (κ1) is 14.0. The van der Waals surface area contributed by atoms with Crippen molar-refractivity contribution in [2.24, 2.45) is 0 Å². The maximum absolute atomic E-state index is 12.1. The van der Waals surface area contributed by atoms with Crippen LogP contribution in [0.1, 0.15) is 26.3 Å². The maximum Gasteiger partial charge on any atom is 0.235 e. The molecular weight excluding hydrogens is 328 g/mol. The van der Waals surface area contributed by atoms with E-state index in [4.69, 9.17) is 11.6 Å². The summed E-state index contributed by atoms with van der Waals surface area (Å²) in [6, 6.07) is 11.7. The van der Waals surface area contributed by atoms with Gasteiger partial charge >= 0.3 is 0 Å². The van der Waals surface area contributed by atoms with Gasteiger partial charge < -0.3 is 0 Å². The van der Waals surface area contributed by atoms with Gasteiger partial charge in [0.05, 0.1) is 5.02 Å². The summed E-state index contributed by atoms with van der Waals surface area (Å²) < 4.78 is 0.751. The third kappa shape index (κ3) is 3.11. The molecule has 0 bridgehead atoms. The summed E-state index contributed by atoms with van der Waals surface area (Å²) in [5.74, 6) is -1.16. The lowest BCUT2D eigenvalue weighted by Gasteiger charge is -2.04. The first-order valence-electron chi connectivity index (χ1n) is 5.60. The summed E-state index contributed by atoms with van der Waals surface area (Å²) in [6.45, 7) is 1.87. The summed E-state index contributed by atoms with van der Waals surface area (Å²) in [6.07, 6.45) is 0. The average molecular weight is 338 g/mol. The lowest BCUT2D eigenvalue weighted by atomic mass is 10.0. The minimum absolute atomic E-state index is 0.234. The second kappa shape index (κ2) is 5.68. The van der Waals surface area contributed by atoms with Gasteiger partial charge in [-0.3, -0.25) is 9.59 Å². The van der Waals surface area contributed by atoms with Gasteiger partial charge in [0.1, 0.15) is 0 Å². The number of aryl methyl sites for hydroxylation is 1. The molecule has 2 aromatic rings. The van der Waals surface area contributed by atoms with Crippen LogP contribution in [-0.4, -0.2) is 11.6 Å². The third-order valence-corrected chi connectivity index (χ3v) is 3.47. The highest BCUT2D eigenvalue weighted by molar-refractivity contribution is 9.10. The van der Waals surface area contributed by atoms with Crippen LogP contribution in [0.4, 0.5) is 0 Å². The Labute approximate surface area is 124 Å². The third-order valence-electron chi connectivity index (χ3n) is 2.66. The molecule has 19 heavy (non-hydrogen) atoms. The van der Waals surface area contributed by atoms with Crippen LogP contribution < -0.4 is 0 Å². The van der Waals surface area contributed by atoms with Crippen molar-refractivity contribution in [1.82, 2.24) is 0 Å². The van der Waals surface area contributed by atoms with Crippen LogP contribution in [0.5, 0.6) is 0 Å². The number of carbonyl (C=O) groups excluding carboxylic acids is 2. The Morgan fingerprint density at radius 3 is 2.42 bits per heavy atom. The lowest BCUT2D eigenvalue weighted by molar-refractivity contribution is 0.0817. The molecule has 0 saturated carbocycles. The normalized spacial score (nSPS) is 10.3. The zero-order valence-electron chi connectivity index (χ0n) is 10.1. The van der Waals surface area contributed by atoms with Gasteiger partial charge in [0, 0.05) is 15.6 Å². The number of hydrogen-bond acceptors (Lipinski definition) is 2. The van der Waals surface area contributed by atoms with Crippen molar-refractivity contribution in [3.63, 3.8) is 0 Å². The van der Waals surface area contributed by atoms with E-state index < -0.39 is 11.6 Å². The van der Waals surface area contributed by atoms with Gasteiger partial charge in [-0.2, -0.15) is 0 Å². The maximum atomic E-state index is 12.1. The Hall–Kier alpha value is -1.45. The number of hydrogen-bond donors (Lipinski definition) is 0. The lowest BCUT2D eigenvalue weighted by Crippen LogP contribution is -2.15. The summed E-state index contributed by atoms with van der Waals surface area (Å²) >= 11 is 9.28. The van der Waals surface area contributed by atoms with E-state index in [-0.39, 0.29) is 5.56 Å². The van der Waals surface area contributed by atoms with Gasteiger partial charge in [-0.15, -0.1) is 0 Å². The molecule has 2 aromatic carbocycles. The van der Waals surface area contributed by atoms with Crippen LogP contribution >= 0.6 is 27.5 Å². The fourth-order valence-corrected chi connectivity index (χ4v) is 2.41.